The molecule has 0 heterocycles. The summed E-state index contributed by atoms with van der Waals surface area (Å²) < 4.78 is 0. The third-order valence-electron chi connectivity index (χ3n) is 4.06. The standard InChI is InChI=1S/C18H25NO/c1-2-17(16-11-7-4-8-12-16)18(20)19-14-13-15-9-5-3-6-10-15/h4,7-9,11-12,17H,2-3,5-6,10,13-14H2,1H3,(H,19,20)/t17-/m1/s1. The lowest BCUT2D eigenvalue weighted by Crippen LogP contribution is -2.30. The quantitative estimate of drug-likeness (QED) is 0.772. The van der Waals surface area contributed by atoms with E-state index in [1.54, 1.807) is 0 Å². The van der Waals surface area contributed by atoms with E-state index in [2.05, 4.69) is 18.3 Å². The Morgan fingerprint density at radius 2 is 2.05 bits per heavy atom. The highest BCUT2D eigenvalue weighted by atomic mass is 16.1. The Hall–Kier alpha value is -1.57. The summed E-state index contributed by atoms with van der Waals surface area (Å²) in [6.45, 7) is 2.84. The van der Waals surface area contributed by atoms with Gasteiger partial charge in [-0.15, -0.1) is 0 Å². The van der Waals surface area contributed by atoms with E-state index in [4.69, 9.17) is 0 Å². The molecule has 20 heavy (non-hydrogen) atoms. The summed E-state index contributed by atoms with van der Waals surface area (Å²) >= 11 is 0. The van der Waals surface area contributed by atoms with Crippen LogP contribution < -0.4 is 5.32 Å². The highest BCUT2D eigenvalue weighted by molar-refractivity contribution is 5.83. The minimum Gasteiger partial charge on any atom is -0.355 e. The monoisotopic (exact) mass is 271 g/mol. The summed E-state index contributed by atoms with van der Waals surface area (Å²) in [6, 6.07) is 10.1. The number of carbonyl (C=O) groups excluding carboxylic acids is 1. The second-order valence-corrected chi connectivity index (χ2v) is 5.52. The topological polar surface area (TPSA) is 29.1 Å². The van der Waals surface area contributed by atoms with Crippen LogP contribution in [0.15, 0.2) is 42.0 Å². The molecule has 0 saturated carbocycles. The van der Waals surface area contributed by atoms with Gasteiger partial charge in [-0.2, -0.15) is 0 Å². The lowest BCUT2D eigenvalue weighted by molar-refractivity contribution is -0.122. The first-order valence-corrected chi connectivity index (χ1v) is 7.82. The van der Waals surface area contributed by atoms with Gasteiger partial charge < -0.3 is 5.32 Å². The maximum Gasteiger partial charge on any atom is 0.227 e. The fraction of sp³-hybridized carbons (Fsp3) is 0.500. The molecule has 2 heteroatoms. The van der Waals surface area contributed by atoms with Gasteiger partial charge in [0.1, 0.15) is 0 Å². The van der Waals surface area contributed by atoms with Crippen LogP contribution in [0.5, 0.6) is 0 Å². The van der Waals surface area contributed by atoms with Gasteiger partial charge in [0.15, 0.2) is 0 Å². The summed E-state index contributed by atoms with van der Waals surface area (Å²) in [5.74, 6) is 0.145. The Bertz CT molecular complexity index is 450. The summed E-state index contributed by atoms with van der Waals surface area (Å²) in [5, 5.41) is 3.10. The van der Waals surface area contributed by atoms with Crippen molar-refractivity contribution in [3.63, 3.8) is 0 Å². The van der Waals surface area contributed by atoms with E-state index in [0.29, 0.717) is 0 Å². The van der Waals surface area contributed by atoms with Gasteiger partial charge in [0.05, 0.1) is 5.92 Å². The van der Waals surface area contributed by atoms with Crippen LogP contribution in [0.25, 0.3) is 0 Å². The van der Waals surface area contributed by atoms with Crippen molar-refractivity contribution in [2.45, 2.75) is 51.4 Å². The van der Waals surface area contributed by atoms with Crippen molar-refractivity contribution >= 4 is 5.91 Å². The van der Waals surface area contributed by atoms with Gasteiger partial charge in [0, 0.05) is 6.54 Å². The molecular formula is C18H25NO. The SMILES string of the molecule is CC[C@@H](C(=O)NCCC1=CCCCC1)c1ccccc1. The second-order valence-electron chi connectivity index (χ2n) is 5.52. The molecule has 1 aromatic carbocycles. The fourth-order valence-corrected chi connectivity index (χ4v) is 2.86. The Morgan fingerprint density at radius 3 is 2.70 bits per heavy atom. The fourth-order valence-electron chi connectivity index (χ4n) is 2.86. The average Bonchev–Trinajstić information content (AvgIpc) is 2.50. The number of carbonyl (C=O) groups is 1. The highest BCUT2D eigenvalue weighted by Gasteiger charge is 2.17. The Balaban J connectivity index is 1.82. The molecule has 0 fully saturated rings. The van der Waals surface area contributed by atoms with E-state index in [0.717, 1.165) is 24.9 Å². The van der Waals surface area contributed by atoms with Crippen LogP contribution in [0, 0.1) is 0 Å². The molecule has 0 unspecified atom stereocenters. The van der Waals surface area contributed by atoms with Crippen molar-refractivity contribution < 1.29 is 4.79 Å². The molecule has 0 aromatic heterocycles. The minimum atomic E-state index is -0.0171. The van der Waals surface area contributed by atoms with Crippen molar-refractivity contribution in [1.29, 1.82) is 0 Å². The zero-order valence-electron chi connectivity index (χ0n) is 12.4. The van der Waals surface area contributed by atoms with Crippen molar-refractivity contribution in [2.75, 3.05) is 6.54 Å². The summed E-state index contributed by atoms with van der Waals surface area (Å²) in [6.07, 6.45) is 9.26. The van der Waals surface area contributed by atoms with E-state index < -0.39 is 0 Å². The van der Waals surface area contributed by atoms with Gasteiger partial charge in [-0.3, -0.25) is 4.79 Å². The molecule has 2 rings (SSSR count). The van der Waals surface area contributed by atoms with Crippen LogP contribution in [-0.4, -0.2) is 12.5 Å². The molecule has 1 aliphatic rings. The molecule has 2 nitrogen and oxygen atoms in total. The lowest BCUT2D eigenvalue weighted by Gasteiger charge is -2.17. The minimum absolute atomic E-state index is 0.0171. The van der Waals surface area contributed by atoms with Gasteiger partial charge in [-0.1, -0.05) is 48.9 Å². The predicted molar refractivity (Wildman–Crippen MR) is 83.7 cm³/mol. The molecule has 0 radical (unpaired) electrons. The summed E-state index contributed by atoms with van der Waals surface area (Å²) in [7, 11) is 0. The van der Waals surface area contributed by atoms with Crippen LogP contribution in [0.1, 0.15) is 56.9 Å². The first-order valence-electron chi connectivity index (χ1n) is 7.82. The molecule has 1 amide bonds. The number of hydrogen-bond acceptors (Lipinski definition) is 1. The molecule has 1 atom stereocenters. The molecule has 1 N–H and O–H groups in total. The van der Waals surface area contributed by atoms with E-state index in [-0.39, 0.29) is 11.8 Å². The molecule has 108 valence electrons. The first-order chi connectivity index (χ1) is 9.81. The maximum absolute atomic E-state index is 12.3. The number of hydrogen-bond donors (Lipinski definition) is 1. The smallest absolute Gasteiger partial charge is 0.227 e. The number of benzene rings is 1. The molecule has 1 aromatic rings. The van der Waals surface area contributed by atoms with E-state index in [9.17, 15) is 4.79 Å². The highest BCUT2D eigenvalue weighted by Crippen LogP contribution is 2.21. The Labute approximate surface area is 122 Å². The van der Waals surface area contributed by atoms with Gasteiger partial charge in [-0.05, 0) is 44.1 Å². The molecule has 0 bridgehead atoms. The Morgan fingerprint density at radius 1 is 1.25 bits per heavy atom. The van der Waals surface area contributed by atoms with Crippen molar-refractivity contribution in [3.8, 4) is 0 Å². The van der Waals surface area contributed by atoms with Gasteiger partial charge in [0.2, 0.25) is 5.91 Å². The van der Waals surface area contributed by atoms with Crippen molar-refractivity contribution in [1.82, 2.24) is 5.32 Å². The van der Waals surface area contributed by atoms with Crippen LogP contribution in [-0.2, 0) is 4.79 Å². The normalized spacial score (nSPS) is 16.4. The van der Waals surface area contributed by atoms with Crippen LogP contribution in [0.3, 0.4) is 0 Å². The zero-order chi connectivity index (χ0) is 14.2. The lowest BCUT2D eigenvalue weighted by atomic mass is 9.95. The first kappa shape index (κ1) is 14.8. The predicted octanol–water partition coefficient (Wildman–Crippen LogP) is 4.19. The third kappa shape index (κ3) is 4.22. The van der Waals surface area contributed by atoms with E-state index in [1.165, 1.54) is 31.3 Å². The van der Waals surface area contributed by atoms with E-state index in [1.807, 2.05) is 30.3 Å². The van der Waals surface area contributed by atoms with Crippen molar-refractivity contribution in [3.05, 3.63) is 47.5 Å². The summed E-state index contributed by atoms with van der Waals surface area (Å²) in [4.78, 5) is 12.3. The number of rotatable bonds is 6. The zero-order valence-corrected chi connectivity index (χ0v) is 12.4. The molecule has 0 aliphatic heterocycles. The average molecular weight is 271 g/mol. The van der Waals surface area contributed by atoms with Gasteiger partial charge in [0.25, 0.3) is 0 Å². The van der Waals surface area contributed by atoms with Crippen LogP contribution in [0.4, 0.5) is 0 Å². The molecule has 1 aliphatic carbocycles. The van der Waals surface area contributed by atoms with Crippen LogP contribution in [0.2, 0.25) is 0 Å². The Kier molecular flexibility index (Phi) is 5.85. The molecule has 0 spiro atoms. The van der Waals surface area contributed by atoms with Gasteiger partial charge in [-0.25, -0.2) is 0 Å². The number of allylic oxidation sites excluding steroid dienone is 1. The van der Waals surface area contributed by atoms with Gasteiger partial charge >= 0.3 is 0 Å². The van der Waals surface area contributed by atoms with E-state index >= 15 is 0 Å². The largest absolute Gasteiger partial charge is 0.355 e. The number of nitrogens with one attached hydrogen (secondary N) is 1. The third-order valence-corrected chi connectivity index (χ3v) is 4.06. The second kappa shape index (κ2) is 7.88. The molecular weight excluding hydrogens is 246 g/mol. The number of amides is 1. The van der Waals surface area contributed by atoms with Crippen molar-refractivity contribution in [2.24, 2.45) is 0 Å². The summed E-state index contributed by atoms with van der Waals surface area (Å²) in [5.41, 5.74) is 2.63. The maximum atomic E-state index is 12.3. The molecule has 0 saturated heterocycles. The van der Waals surface area contributed by atoms with Crippen LogP contribution >= 0.6 is 0 Å².